The number of benzene rings is 1. The molecule has 0 aliphatic rings. The Morgan fingerprint density at radius 1 is 1.33 bits per heavy atom. The van der Waals surface area contributed by atoms with Crippen molar-refractivity contribution in [2.45, 2.75) is 18.2 Å². The molecule has 5 nitrogen and oxygen atoms in total. The molecule has 0 unspecified atom stereocenters. The minimum atomic E-state index is -3.80. The van der Waals surface area contributed by atoms with Crippen molar-refractivity contribution < 1.29 is 13.2 Å². The summed E-state index contributed by atoms with van der Waals surface area (Å²) < 4.78 is 25.0. The number of hydrazine groups is 1. The summed E-state index contributed by atoms with van der Waals surface area (Å²) in [4.78, 5) is 14.8. The topological polar surface area (TPSA) is 75.3 Å². The summed E-state index contributed by atoms with van der Waals surface area (Å²) in [6.45, 7) is 1.69. The number of nitrogens with one attached hydrogen (secondary N) is 2. The number of thiophene rings is 1. The van der Waals surface area contributed by atoms with Gasteiger partial charge < -0.3 is 0 Å². The minimum absolute atomic E-state index is 0.119. The van der Waals surface area contributed by atoms with Crippen molar-refractivity contribution in [3.8, 4) is 0 Å². The number of aryl methyl sites for hydroxylation is 1. The number of rotatable bonds is 5. The third-order valence-corrected chi connectivity index (χ3v) is 5.44. The maximum atomic E-state index is 12.2. The highest BCUT2D eigenvalue weighted by atomic mass is 79.9. The lowest BCUT2D eigenvalue weighted by Gasteiger charge is -2.10. The highest BCUT2D eigenvalue weighted by Gasteiger charge is 2.18. The molecule has 0 fully saturated rings. The number of halogens is 1. The summed E-state index contributed by atoms with van der Waals surface area (Å²) in [5.41, 5.74) is 2.82. The van der Waals surface area contributed by atoms with E-state index in [-0.39, 0.29) is 11.3 Å². The molecule has 0 saturated heterocycles. The summed E-state index contributed by atoms with van der Waals surface area (Å²) in [7, 11) is -3.80. The quantitative estimate of drug-likeness (QED) is 0.771. The third-order valence-electron chi connectivity index (χ3n) is 2.68. The fourth-order valence-corrected chi connectivity index (χ4v) is 4.01. The second-order valence-corrected chi connectivity index (χ2v) is 7.92. The first kappa shape index (κ1) is 16.2. The van der Waals surface area contributed by atoms with E-state index < -0.39 is 15.9 Å². The first-order chi connectivity index (χ1) is 9.88. The Kier molecular flexibility index (Phi) is 5.15. The summed E-state index contributed by atoms with van der Waals surface area (Å²) in [6.07, 6.45) is 0.137. The molecule has 0 saturated carbocycles. The van der Waals surface area contributed by atoms with Crippen LogP contribution in [0.2, 0.25) is 0 Å². The van der Waals surface area contributed by atoms with E-state index in [2.05, 4.69) is 26.2 Å². The second kappa shape index (κ2) is 6.69. The van der Waals surface area contributed by atoms with Crippen LogP contribution in [0.4, 0.5) is 0 Å². The van der Waals surface area contributed by atoms with Gasteiger partial charge in [-0.2, -0.15) is 0 Å². The molecule has 1 aromatic carbocycles. The first-order valence-corrected chi connectivity index (χ1v) is 9.13. The van der Waals surface area contributed by atoms with Crippen LogP contribution in [0.25, 0.3) is 0 Å². The number of amides is 1. The van der Waals surface area contributed by atoms with Gasteiger partial charge in [0.25, 0.3) is 10.0 Å². The molecule has 0 spiro atoms. The van der Waals surface area contributed by atoms with Gasteiger partial charge in [-0.1, -0.05) is 28.1 Å². The lowest BCUT2D eigenvalue weighted by Crippen LogP contribution is -2.42. The van der Waals surface area contributed by atoms with E-state index in [1.807, 2.05) is 17.5 Å². The Morgan fingerprint density at radius 3 is 2.76 bits per heavy atom. The normalized spacial score (nSPS) is 11.3. The molecule has 8 heteroatoms. The number of sulfonamides is 1. The monoisotopic (exact) mass is 388 g/mol. The van der Waals surface area contributed by atoms with Crippen LogP contribution in [0.3, 0.4) is 0 Å². The molecule has 1 heterocycles. The maximum Gasteiger partial charge on any atom is 0.257 e. The van der Waals surface area contributed by atoms with Crippen molar-refractivity contribution in [3.63, 3.8) is 0 Å². The van der Waals surface area contributed by atoms with Gasteiger partial charge in [0.2, 0.25) is 5.91 Å². The van der Waals surface area contributed by atoms with Gasteiger partial charge in [-0.15, -0.1) is 16.2 Å². The molecule has 21 heavy (non-hydrogen) atoms. The highest BCUT2D eigenvalue weighted by Crippen LogP contribution is 2.20. The van der Waals surface area contributed by atoms with Gasteiger partial charge in [0.15, 0.2) is 0 Å². The third kappa shape index (κ3) is 4.37. The van der Waals surface area contributed by atoms with Gasteiger partial charge in [-0.05, 0) is 36.1 Å². The molecule has 0 radical (unpaired) electrons. The smallest absolute Gasteiger partial charge is 0.257 e. The largest absolute Gasteiger partial charge is 0.277 e. The molecular formula is C13H13BrN2O3S2. The standard InChI is InChI=1S/C13H13BrN2O3S2/c1-9-4-5-10(14)7-12(9)21(18,19)16-15-13(17)8-11-3-2-6-20-11/h2-7,16H,8H2,1H3,(H,15,17). The average Bonchev–Trinajstić information content (AvgIpc) is 2.92. The van der Waals surface area contributed by atoms with Gasteiger partial charge in [-0.25, -0.2) is 8.42 Å². The van der Waals surface area contributed by atoms with Gasteiger partial charge >= 0.3 is 0 Å². The average molecular weight is 389 g/mol. The molecule has 0 atom stereocenters. The van der Waals surface area contributed by atoms with Crippen molar-refractivity contribution in [1.29, 1.82) is 0 Å². The predicted octanol–water partition coefficient (Wildman–Crippen LogP) is 2.37. The van der Waals surface area contributed by atoms with Crippen LogP contribution in [-0.2, 0) is 21.2 Å². The minimum Gasteiger partial charge on any atom is -0.277 e. The van der Waals surface area contributed by atoms with Crippen LogP contribution in [-0.4, -0.2) is 14.3 Å². The van der Waals surface area contributed by atoms with Crippen LogP contribution in [0.5, 0.6) is 0 Å². The van der Waals surface area contributed by atoms with E-state index in [0.29, 0.717) is 10.0 Å². The molecule has 2 aromatic rings. The van der Waals surface area contributed by atoms with Gasteiger partial charge in [0.1, 0.15) is 0 Å². The molecule has 0 aliphatic heterocycles. The van der Waals surface area contributed by atoms with Crippen molar-refractivity contribution in [2.75, 3.05) is 0 Å². The summed E-state index contributed by atoms with van der Waals surface area (Å²) in [6, 6.07) is 8.58. The van der Waals surface area contributed by atoms with Crippen LogP contribution in [0.1, 0.15) is 10.4 Å². The van der Waals surface area contributed by atoms with Gasteiger partial charge in [0.05, 0.1) is 11.3 Å². The van der Waals surface area contributed by atoms with E-state index in [9.17, 15) is 13.2 Å². The molecular weight excluding hydrogens is 376 g/mol. The molecule has 1 amide bonds. The van der Waals surface area contributed by atoms with Crippen LogP contribution < -0.4 is 10.3 Å². The Hall–Kier alpha value is -1.22. The Morgan fingerprint density at radius 2 is 2.10 bits per heavy atom. The predicted molar refractivity (Wildman–Crippen MR) is 85.4 cm³/mol. The zero-order valence-corrected chi connectivity index (χ0v) is 14.3. The van der Waals surface area contributed by atoms with Crippen molar-refractivity contribution in [3.05, 3.63) is 50.6 Å². The van der Waals surface area contributed by atoms with E-state index in [1.165, 1.54) is 17.4 Å². The molecule has 1 aromatic heterocycles. The second-order valence-electron chi connectivity index (χ2n) is 4.32. The number of hydrogen-bond acceptors (Lipinski definition) is 4. The Labute approximate surface area is 135 Å². The van der Waals surface area contributed by atoms with E-state index in [4.69, 9.17) is 0 Å². The number of carbonyl (C=O) groups excluding carboxylic acids is 1. The molecule has 2 N–H and O–H groups in total. The Bertz CT molecular complexity index is 743. The fraction of sp³-hybridized carbons (Fsp3) is 0.154. The van der Waals surface area contributed by atoms with Crippen LogP contribution in [0, 0.1) is 6.92 Å². The van der Waals surface area contributed by atoms with Crippen LogP contribution in [0.15, 0.2) is 45.1 Å². The van der Waals surface area contributed by atoms with E-state index >= 15 is 0 Å². The Balaban J connectivity index is 2.04. The van der Waals surface area contributed by atoms with Crippen molar-refractivity contribution in [1.82, 2.24) is 10.3 Å². The lowest BCUT2D eigenvalue weighted by molar-refractivity contribution is -0.120. The first-order valence-electron chi connectivity index (χ1n) is 5.97. The van der Waals surface area contributed by atoms with E-state index in [0.717, 1.165) is 4.88 Å². The fourth-order valence-electron chi connectivity index (χ4n) is 1.66. The van der Waals surface area contributed by atoms with Crippen LogP contribution >= 0.6 is 27.3 Å². The molecule has 0 bridgehead atoms. The number of hydrogen-bond donors (Lipinski definition) is 2. The highest BCUT2D eigenvalue weighted by molar-refractivity contribution is 9.10. The zero-order chi connectivity index (χ0) is 15.5. The van der Waals surface area contributed by atoms with Gasteiger partial charge in [-0.3, -0.25) is 10.2 Å². The summed E-state index contributed by atoms with van der Waals surface area (Å²) >= 11 is 4.67. The van der Waals surface area contributed by atoms with Crippen molar-refractivity contribution >= 4 is 43.2 Å². The number of carbonyl (C=O) groups is 1. The maximum absolute atomic E-state index is 12.2. The lowest BCUT2D eigenvalue weighted by atomic mass is 10.2. The molecule has 2 rings (SSSR count). The van der Waals surface area contributed by atoms with E-state index in [1.54, 1.807) is 19.1 Å². The van der Waals surface area contributed by atoms with Gasteiger partial charge in [0, 0.05) is 9.35 Å². The molecule has 0 aliphatic carbocycles. The zero-order valence-electron chi connectivity index (χ0n) is 11.1. The summed E-state index contributed by atoms with van der Waals surface area (Å²) in [5, 5.41) is 1.86. The SMILES string of the molecule is Cc1ccc(Br)cc1S(=O)(=O)NNC(=O)Cc1cccs1. The summed E-state index contributed by atoms with van der Waals surface area (Å²) in [5.74, 6) is -0.409. The van der Waals surface area contributed by atoms with Crippen molar-refractivity contribution in [2.24, 2.45) is 0 Å². The molecule has 112 valence electrons.